The molecule has 4 rings (SSSR count). The molecule has 178 valence electrons. The third-order valence-electron chi connectivity index (χ3n) is 5.24. The van der Waals surface area contributed by atoms with Crippen LogP contribution in [0.1, 0.15) is 12.5 Å². The van der Waals surface area contributed by atoms with Crippen LogP contribution >= 0.6 is 11.8 Å². The molecule has 0 aliphatic carbocycles. The summed E-state index contributed by atoms with van der Waals surface area (Å²) in [5.74, 6) is 0.262. The highest BCUT2D eigenvalue weighted by Crippen LogP contribution is 2.29. The molecule has 2 aromatic carbocycles. The van der Waals surface area contributed by atoms with E-state index in [0.717, 1.165) is 28.5 Å². The number of nitrogens with zero attached hydrogens (tertiary/aromatic N) is 3. The maximum absolute atomic E-state index is 14.9. The minimum atomic E-state index is -0.556. The number of aromatic nitrogens is 3. The molecule has 1 fully saturated rings. The fourth-order valence-corrected chi connectivity index (χ4v) is 4.22. The zero-order chi connectivity index (χ0) is 23.9. The molecule has 2 heterocycles. The van der Waals surface area contributed by atoms with Crippen LogP contribution in [-0.2, 0) is 16.1 Å². The highest BCUT2D eigenvalue weighted by Gasteiger charge is 2.32. The average molecular weight is 485 g/mol. The lowest BCUT2D eigenvalue weighted by Gasteiger charge is -2.15. The van der Waals surface area contributed by atoms with E-state index in [2.05, 4.69) is 26.0 Å². The molecule has 1 aromatic heterocycles. The summed E-state index contributed by atoms with van der Waals surface area (Å²) in [5, 5.41) is 17.2. The van der Waals surface area contributed by atoms with E-state index in [4.69, 9.17) is 4.74 Å². The van der Waals surface area contributed by atoms with Crippen LogP contribution in [0.15, 0.2) is 53.7 Å². The van der Waals surface area contributed by atoms with Crippen molar-refractivity contribution in [2.24, 2.45) is 0 Å². The van der Waals surface area contributed by atoms with Gasteiger partial charge in [-0.3, -0.25) is 14.8 Å². The second-order valence-corrected chi connectivity index (χ2v) is 8.90. The molecule has 0 radical (unpaired) electrons. The van der Waals surface area contributed by atoms with E-state index < -0.39 is 18.0 Å². The summed E-state index contributed by atoms with van der Waals surface area (Å²) in [6.45, 7) is 3.40. The monoisotopic (exact) mass is 484 g/mol. The number of carbonyl (C=O) groups is 2. The van der Waals surface area contributed by atoms with E-state index in [1.165, 1.54) is 17.9 Å². The van der Waals surface area contributed by atoms with Gasteiger partial charge in [-0.2, -0.15) is 0 Å². The topological polar surface area (TPSA) is 112 Å². The highest BCUT2D eigenvalue weighted by atomic mass is 32.2. The largest absolute Gasteiger partial charge is 0.442 e. The normalized spacial score (nSPS) is 15.4. The Morgan fingerprint density at radius 2 is 2.12 bits per heavy atom. The first-order valence-electron chi connectivity index (χ1n) is 10.8. The Balaban J connectivity index is 1.31. The highest BCUT2D eigenvalue weighted by molar-refractivity contribution is 7.99. The van der Waals surface area contributed by atoms with Crippen molar-refractivity contribution in [3.8, 4) is 11.1 Å². The standard InChI is InChI=1S/C23H25FN6O3S/c1-15(31)26-12-19-14-30(23(32)33-19)18-6-7-20(21(24)10-18)17-4-2-16(3-5-17)11-25-8-9-34-22-13-27-29-28-22/h2-7,10,13,19,25H,8-9,11-12,14H2,1H3,(H,26,31)(H,27,28,29)/t19-/m0/s1. The Bertz CT molecular complexity index is 1130. The Morgan fingerprint density at radius 3 is 2.82 bits per heavy atom. The number of cyclic esters (lactones) is 1. The lowest BCUT2D eigenvalue weighted by atomic mass is 10.0. The summed E-state index contributed by atoms with van der Waals surface area (Å²) in [4.78, 5) is 24.6. The van der Waals surface area contributed by atoms with Gasteiger partial charge in [-0.05, 0) is 29.3 Å². The number of hydrogen-bond acceptors (Lipinski definition) is 7. The van der Waals surface area contributed by atoms with Gasteiger partial charge in [0.1, 0.15) is 16.9 Å². The molecule has 1 atom stereocenters. The number of anilines is 1. The van der Waals surface area contributed by atoms with Crippen LogP contribution in [0.5, 0.6) is 0 Å². The molecule has 9 nitrogen and oxygen atoms in total. The van der Waals surface area contributed by atoms with Gasteiger partial charge >= 0.3 is 6.09 Å². The van der Waals surface area contributed by atoms with Gasteiger partial charge in [0.05, 0.1) is 25.0 Å². The first kappa shape index (κ1) is 23.7. The molecular weight excluding hydrogens is 459 g/mol. The van der Waals surface area contributed by atoms with Gasteiger partial charge in [0.2, 0.25) is 5.91 Å². The van der Waals surface area contributed by atoms with E-state index >= 15 is 0 Å². The van der Waals surface area contributed by atoms with Crippen molar-refractivity contribution in [3.63, 3.8) is 0 Å². The van der Waals surface area contributed by atoms with Crippen LogP contribution in [0, 0.1) is 5.82 Å². The molecule has 2 amide bonds. The van der Waals surface area contributed by atoms with Gasteiger partial charge in [-0.25, -0.2) is 9.18 Å². The number of thioether (sulfide) groups is 1. The van der Waals surface area contributed by atoms with Crippen LogP contribution in [0.2, 0.25) is 0 Å². The van der Waals surface area contributed by atoms with Gasteiger partial charge in [0.15, 0.2) is 0 Å². The van der Waals surface area contributed by atoms with E-state index in [9.17, 15) is 14.0 Å². The van der Waals surface area contributed by atoms with E-state index in [1.807, 2.05) is 24.3 Å². The number of halogens is 1. The zero-order valence-electron chi connectivity index (χ0n) is 18.6. The number of nitrogens with one attached hydrogen (secondary N) is 3. The van der Waals surface area contributed by atoms with Gasteiger partial charge in [0.25, 0.3) is 0 Å². The second-order valence-electron chi connectivity index (χ2n) is 7.76. The zero-order valence-corrected chi connectivity index (χ0v) is 19.4. The molecule has 0 spiro atoms. The lowest BCUT2D eigenvalue weighted by Crippen LogP contribution is -2.33. The smallest absolute Gasteiger partial charge is 0.414 e. The Kier molecular flexibility index (Phi) is 7.76. The maximum atomic E-state index is 14.9. The van der Waals surface area contributed by atoms with Crippen molar-refractivity contribution in [3.05, 3.63) is 60.0 Å². The minimum absolute atomic E-state index is 0.200. The number of carbonyl (C=O) groups excluding carboxylic acids is 2. The Hall–Kier alpha value is -3.44. The van der Waals surface area contributed by atoms with E-state index in [1.54, 1.807) is 30.1 Å². The Morgan fingerprint density at radius 1 is 1.29 bits per heavy atom. The quantitative estimate of drug-likeness (QED) is 0.300. The number of amides is 2. The number of aromatic amines is 1. The number of rotatable bonds is 10. The van der Waals surface area contributed by atoms with Crippen molar-refractivity contribution >= 4 is 29.4 Å². The first-order valence-corrected chi connectivity index (χ1v) is 11.8. The Labute approximate surface area is 200 Å². The molecule has 1 saturated heterocycles. The molecule has 0 saturated carbocycles. The molecule has 0 unspecified atom stereocenters. The summed E-state index contributed by atoms with van der Waals surface area (Å²) in [6, 6.07) is 12.4. The van der Waals surface area contributed by atoms with Crippen molar-refractivity contribution in [2.45, 2.75) is 24.6 Å². The van der Waals surface area contributed by atoms with Crippen LogP contribution in [0.3, 0.4) is 0 Å². The predicted molar refractivity (Wildman–Crippen MR) is 127 cm³/mol. The lowest BCUT2D eigenvalue weighted by molar-refractivity contribution is -0.119. The summed E-state index contributed by atoms with van der Waals surface area (Å²) in [6.07, 6.45) is 0.664. The summed E-state index contributed by atoms with van der Waals surface area (Å²) < 4.78 is 20.2. The van der Waals surface area contributed by atoms with Crippen LogP contribution in [0.25, 0.3) is 11.1 Å². The first-order chi connectivity index (χ1) is 16.5. The number of hydrogen-bond donors (Lipinski definition) is 3. The minimum Gasteiger partial charge on any atom is -0.442 e. The second kappa shape index (κ2) is 11.1. The number of benzene rings is 2. The van der Waals surface area contributed by atoms with Gasteiger partial charge in [0, 0.05) is 31.3 Å². The average Bonchev–Trinajstić information content (AvgIpc) is 3.47. The molecule has 34 heavy (non-hydrogen) atoms. The summed E-state index contributed by atoms with van der Waals surface area (Å²) >= 11 is 1.64. The van der Waals surface area contributed by atoms with Crippen LogP contribution in [0.4, 0.5) is 14.9 Å². The summed E-state index contributed by atoms with van der Waals surface area (Å²) in [7, 11) is 0. The molecular formula is C23H25FN6O3S. The van der Waals surface area contributed by atoms with Crippen molar-refractivity contribution < 1.29 is 18.7 Å². The van der Waals surface area contributed by atoms with Gasteiger partial charge in [-0.1, -0.05) is 29.5 Å². The van der Waals surface area contributed by atoms with Crippen LogP contribution in [-0.4, -0.2) is 58.9 Å². The number of H-pyrrole nitrogens is 1. The van der Waals surface area contributed by atoms with Crippen molar-refractivity contribution in [1.29, 1.82) is 0 Å². The van der Waals surface area contributed by atoms with Gasteiger partial charge in [-0.15, -0.1) is 16.9 Å². The molecule has 0 bridgehead atoms. The predicted octanol–water partition coefficient (Wildman–Crippen LogP) is 2.95. The summed E-state index contributed by atoms with van der Waals surface area (Å²) in [5.41, 5.74) is 2.72. The van der Waals surface area contributed by atoms with Crippen molar-refractivity contribution in [2.75, 3.05) is 30.3 Å². The molecule has 11 heteroatoms. The molecule has 1 aliphatic rings. The maximum Gasteiger partial charge on any atom is 0.414 e. The third kappa shape index (κ3) is 6.12. The van der Waals surface area contributed by atoms with E-state index in [0.29, 0.717) is 17.8 Å². The fraction of sp³-hybridized carbons (Fsp3) is 0.304. The SMILES string of the molecule is CC(=O)NC[C@H]1CN(c2ccc(-c3ccc(CNCCSc4cnn[nH]4)cc3)c(F)c2)C(=O)O1. The van der Waals surface area contributed by atoms with Crippen molar-refractivity contribution in [1.82, 2.24) is 26.0 Å². The fourth-order valence-electron chi connectivity index (χ4n) is 3.53. The number of ether oxygens (including phenoxy) is 1. The van der Waals surface area contributed by atoms with E-state index in [-0.39, 0.29) is 19.0 Å². The molecule has 1 aliphatic heterocycles. The van der Waals surface area contributed by atoms with Gasteiger partial charge < -0.3 is 15.4 Å². The molecule has 3 aromatic rings. The molecule has 3 N–H and O–H groups in total. The van der Waals surface area contributed by atoms with Crippen LogP contribution < -0.4 is 15.5 Å². The third-order valence-corrected chi connectivity index (χ3v) is 6.16.